The highest BCUT2D eigenvalue weighted by Crippen LogP contribution is 2.30. The van der Waals surface area contributed by atoms with Crippen LogP contribution in [0.25, 0.3) is 0 Å². The normalized spacial score (nSPS) is 14.3. The number of rotatable bonds is 2. The minimum Gasteiger partial charge on any atom is -0.495 e. The number of amides is 3. The zero-order valence-electron chi connectivity index (χ0n) is 13.9. The number of carbonyl (C=O) groups excluding carboxylic acids is 3. The number of hydrogen-bond acceptors (Lipinski definition) is 4. The molecule has 8 heteroatoms. The molecule has 1 aromatic carbocycles. The summed E-state index contributed by atoms with van der Waals surface area (Å²) < 4.78 is 5.18. The number of halogens is 1. The van der Waals surface area contributed by atoms with Crippen molar-refractivity contribution in [2.75, 3.05) is 38.6 Å². The van der Waals surface area contributed by atoms with E-state index in [-0.39, 0.29) is 5.91 Å². The molecule has 1 heterocycles. The van der Waals surface area contributed by atoms with Crippen LogP contribution in [0, 0.1) is 6.92 Å². The summed E-state index contributed by atoms with van der Waals surface area (Å²) in [6.07, 6.45) is 0. The molecule has 1 aliphatic heterocycles. The van der Waals surface area contributed by atoms with Crippen LogP contribution in [0.4, 0.5) is 5.69 Å². The van der Waals surface area contributed by atoms with Gasteiger partial charge in [-0.05, 0) is 18.6 Å². The van der Waals surface area contributed by atoms with Crippen LogP contribution >= 0.6 is 11.6 Å². The lowest BCUT2D eigenvalue weighted by atomic mass is 10.2. The molecule has 0 spiro atoms. The second kappa shape index (κ2) is 7.53. The molecule has 1 N–H and O–H groups in total. The summed E-state index contributed by atoms with van der Waals surface area (Å²) in [4.78, 5) is 38.9. The number of piperazine rings is 1. The van der Waals surface area contributed by atoms with Gasteiger partial charge in [-0.15, -0.1) is 0 Å². The van der Waals surface area contributed by atoms with Gasteiger partial charge in [-0.2, -0.15) is 0 Å². The predicted molar refractivity (Wildman–Crippen MR) is 90.2 cm³/mol. The molecule has 130 valence electrons. The van der Waals surface area contributed by atoms with Gasteiger partial charge in [0.05, 0.1) is 12.8 Å². The van der Waals surface area contributed by atoms with Crippen LogP contribution < -0.4 is 10.1 Å². The fourth-order valence-corrected chi connectivity index (χ4v) is 2.63. The molecule has 0 aromatic heterocycles. The summed E-state index contributed by atoms with van der Waals surface area (Å²) >= 11 is 6.02. The number of ether oxygens (including phenoxy) is 1. The number of anilines is 1. The van der Waals surface area contributed by atoms with Gasteiger partial charge in [-0.1, -0.05) is 11.6 Å². The van der Waals surface area contributed by atoms with E-state index in [1.165, 1.54) is 18.9 Å². The monoisotopic (exact) mass is 353 g/mol. The number of benzene rings is 1. The quantitative estimate of drug-likeness (QED) is 0.812. The number of methoxy groups -OCH3 is 1. The van der Waals surface area contributed by atoms with Crippen LogP contribution in [-0.4, -0.2) is 60.8 Å². The van der Waals surface area contributed by atoms with Crippen molar-refractivity contribution in [1.29, 1.82) is 0 Å². The molecule has 0 bridgehead atoms. The van der Waals surface area contributed by atoms with Gasteiger partial charge in [0.25, 0.3) is 0 Å². The van der Waals surface area contributed by atoms with Gasteiger partial charge >= 0.3 is 11.8 Å². The summed E-state index contributed by atoms with van der Waals surface area (Å²) in [6, 6.07) is 3.24. The number of nitrogens with one attached hydrogen (secondary N) is 1. The fourth-order valence-electron chi connectivity index (χ4n) is 2.47. The molecule has 24 heavy (non-hydrogen) atoms. The molecule has 0 atom stereocenters. The third-order valence-corrected chi connectivity index (χ3v) is 4.34. The van der Waals surface area contributed by atoms with E-state index in [9.17, 15) is 14.4 Å². The van der Waals surface area contributed by atoms with Crippen LogP contribution in [0.1, 0.15) is 12.5 Å². The van der Waals surface area contributed by atoms with Gasteiger partial charge < -0.3 is 19.9 Å². The zero-order valence-corrected chi connectivity index (χ0v) is 14.6. The Morgan fingerprint density at radius 1 is 1.12 bits per heavy atom. The molecule has 0 saturated carbocycles. The van der Waals surface area contributed by atoms with E-state index in [1.54, 1.807) is 24.0 Å². The molecule has 3 amide bonds. The van der Waals surface area contributed by atoms with E-state index in [0.29, 0.717) is 42.6 Å². The highest BCUT2D eigenvalue weighted by Gasteiger charge is 2.27. The standard InChI is InChI=1S/C16H20ClN3O4/c1-10-8-13(14(24-3)9-12(10)17)18-15(22)16(23)20-6-4-19(5-7-20)11(2)21/h8-9H,4-7H2,1-3H3,(H,18,22). The van der Waals surface area contributed by atoms with Crippen molar-refractivity contribution in [3.8, 4) is 5.75 Å². The van der Waals surface area contributed by atoms with Crippen LogP contribution in [0.5, 0.6) is 5.75 Å². The molecule has 1 saturated heterocycles. The van der Waals surface area contributed by atoms with Crippen LogP contribution in [0.2, 0.25) is 5.02 Å². The Balaban J connectivity index is 2.04. The Labute approximate surface area is 145 Å². The second-order valence-electron chi connectivity index (χ2n) is 5.55. The van der Waals surface area contributed by atoms with Crippen molar-refractivity contribution in [3.05, 3.63) is 22.7 Å². The van der Waals surface area contributed by atoms with Crippen LogP contribution in [-0.2, 0) is 14.4 Å². The van der Waals surface area contributed by atoms with Gasteiger partial charge in [0.15, 0.2) is 0 Å². The summed E-state index contributed by atoms with van der Waals surface area (Å²) in [5.74, 6) is -1.03. The summed E-state index contributed by atoms with van der Waals surface area (Å²) in [5.41, 5.74) is 1.15. The van der Waals surface area contributed by atoms with Gasteiger partial charge in [0.1, 0.15) is 5.75 Å². The molecule has 2 rings (SSSR count). The van der Waals surface area contributed by atoms with Crippen molar-refractivity contribution in [2.45, 2.75) is 13.8 Å². The van der Waals surface area contributed by atoms with Gasteiger partial charge in [0, 0.05) is 44.2 Å². The first kappa shape index (κ1) is 18.1. The molecular weight excluding hydrogens is 334 g/mol. The minimum atomic E-state index is -0.744. The van der Waals surface area contributed by atoms with Crippen molar-refractivity contribution in [3.63, 3.8) is 0 Å². The lowest BCUT2D eigenvalue weighted by Crippen LogP contribution is -2.52. The van der Waals surface area contributed by atoms with E-state index in [4.69, 9.17) is 16.3 Å². The smallest absolute Gasteiger partial charge is 0.314 e. The molecule has 0 unspecified atom stereocenters. The number of nitrogens with zero attached hydrogens (tertiary/aromatic N) is 2. The number of carbonyl (C=O) groups is 3. The summed E-state index contributed by atoms with van der Waals surface area (Å²) in [6.45, 7) is 4.81. The van der Waals surface area contributed by atoms with Crippen molar-refractivity contribution in [2.24, 2.45) is 0 Å². The maximum Gasteiger partial charge on any atom is 0.314 e. The Morgan fingerprint density at radius 2 is 1.71 bits per heavy atom. The third-order valence-electron chi connectivity index (χ3n) is 3.94. The van der Waals surface area contributed by atoms with E-state index in [0.717, 1.165) is 5.56 Å². The largest absolute Gasteiger partial charge is 0.495 e. The fraction of sp³-hybridized carbons (Fsp3) is 0.438. The summed E-state index contributed by atoms with van der Waals surface area (Å²) in [7, 11) is 1.46. The van der Waals surface area contributed by atoms with E-state index in [2.05, 4.69) is 5.32 Å². The first-order valence-electron chi connectivity index (χ1n) is 7.53. The number of hydrogen-bond donors (Lipinski definition) is 1. The molecule has 0 aliphatic carbocycles. The lowest BCUT2D eigenvalue weighted by Gasteiger charge is -2.33. The average Bonchev–Trinajstić information content (AvgIpc) is 2.57. The third kappa shape index (κ3) is 3.97. The predicted octanol–water partition coefficient (Wildman–Crippen LogP) is 1.29. The van der Waals surface area contributed by atoms with Crippen molar-refractivity contribution >= 4 is 35.0 Å². The SMILES string of the molecule is COc1cc(Cl)c(C)cc1NC(=O)C(=O)N1CCN(C(C)=O)CC1. The first-order valence-corrected chi connectivity index (χ1v) is 7.91. The molecule has 0 radical (unpaired) electrons. The Kier molecular flexibility index (Phi) is 5.66. The molecule has 1 fully saturated rings. The van der Waals surface area contributed by atoms with Gasteiger partial charge in [0.2, 0.25) is 5.91 Å². The molecule has 7 nitrogen and oxygen atoms in total. The number of aryl methyl sites for hydroxylation is 1. The highest BCUT2D eigenvalue weighted by atomic mass is 35.5. The molecular formula is C16H20ClN3O4. The van der Waals surface area contributed by atoms with Crippen LogP contribution in [0.3, 0.4) is 0 Å². The maximum absolute atomic E-state index is 12.3. The van der Waals surface area contributed by atoms with Crippen molar-refractivity contribution in [1.82, 2.24) is 9.80 Å². The topological polar surface area (TPSA) is 79.0 Å². The minimum absolute atomic E-state index is 0.0343. The maximum atomic E-state index is 12.3. The Bertz CT molecular complexity index is 670. The van der Waals surface area contributed by atoms with Gasteiger partial charge in [-0.25, -0.2) is 0 Å². The van der Waals surface area contributed by atoms with Crippen molar-refractivity contribution < 1.29 is 19.1 Å². The Morgan fingerprint density at radius 3 is 2.25 bits per heavy atom. The zero-order chi connectivity index (χ0) is 17.9. The average molecular weight is 354 g/mol. The molecule has 1 aromatic rings. The van der Waals surface area contributed by atoms with Crippen LogP contribution in [0.15, 0.2) is 12.1 Å². The summed E-state index contributed by atoms with van der Waals surface area (Å²) in [5, 5.41) is 3.08. The lowest BCUT2D eigenvalue weighted by molar-refractivity contribution is -0.145. The first-order chi connectivity index (χ1) is 11.3. The van der Waals surface area contributed by atoms with E-state index in [1.807, 2.05) is 0 Å². The Hall–Kier alpha value is -2.28. The van der Waals surface area contributed by atoms with E-state index < -0.39 is 11.8 Å². The van der Waals surface area contributed by atoms with Gasteiger partial charge in [-0.3, -0.25) is 14.4 Å². The second-order valence-corrected chi connectivity index (χ2v) is 5.96. The van der Waals surface area contributed by atoms with E-state index >= 15 is 0 Å². The highest BCUT2D eigenvalue weighted by molar-refractivity contribution is 6.39. The molecule has 1 aliphatic rings.